The minimum atomic E-state index is -0.239. The lowest BCUT2D eigenvalue weighted by Gasteiger charge is -2.27. The van der Waals surface area contributed by atoms with E-state index in [2.05, 4.69) is 4.90 Å². The zero-order valence-electron chi connectivity index (χ0n) is 15.5. The molecule has 6 nitrogen and oxygen atoms in total. The quantitative estimate of drug-likeness (QED) is 0.419. The van der Waals surface area contributed by atoms with E-state index in [1.807, 2.05) is 6.20 Å². The molecule has 0 amide bonds. The molecule has 0 atom stereocenters. The molecule has 1 saturated heterocycles. The summed E-state index contributed by atoms with van der Waals surface area (Å²) in [6.07, 6.45) is 5.55. The highest BCUT2D eigenvalue weighted by Crippen LogP contribution is 2.37. The molecule has 0 radical (unpaired) electrons. The maximum atomic E-state index is 12.6. The second kappa shape index (κ2) is 6.56. The molecule has 3 heterocycles. The van der Waals surface area contributed by atoms with E-state index in [1.165, 1.54) is 25.3 Å². The van der Waals surface area contributed by atoms with Crippen molar-refractivity contribution in [2.45, 2.75) is 25.8 Å². The zero-order valence-corrected chi connectivity index (χ0v) is 15.5. The van der Waals surface area contributed by atoms with Gasteiger partial charge < -0.3 is 24.1 Å². The minimum absolute atomic E-state index is 0.0326. The largest absolute Gasteiger partial charge is 0.508 e. The fraction of sp³-hybridized carbons (Fsp3) is 0.318. The van der Waals surface area contributed by atoms with Crippen LogP contribution in [0.1, 0.15) is 19.3 Å². The Morgan fingerprint density at radius 2 is 1.68 bits per heavy atom. The van der Waals surface area contributed by atoms with E-state index in [-0.39, 0.29) is 22.4 Å². The van der Waals surface area contributed by atoms with E-state index in [1.54, 1.807) is 28.8 Å². The molecule has 4 aromatic rings. The van der Waals surface area contributed by atoms with Gasteiger partial charge >= 0.3 is 0 Å². The van der Waals surface area contributed by atoms with Gasteiger partial charge in [-0.05, 0) is 56.3 Å². The standard InChI is InChI=1S/C22H22N2O4/c25-14-4-6-18-15(12-14)16-13-24(11-10-23-8-2-1-3-9-23)22(27)21-17(26)5-7-19(28-18)20(16)21/h4-7,12-13,25,27H,1-3,8-11H2. The Balaban J connectivity index is 1.73. The first kappa shape index (κ1) is 17.1. The van der Waals surface area contributed by atoms with Crippen molar-refractivity contribution in [2.24, 2.45) is 0 Å². The average molecular weight is 378 g/mol. The third-order valence-electron chi connectivity index (χ3n) is 5.76. The van der Waals surface area contributed by atoms with Crippen LogP contribution in [0.5, 0.6) is 11.6 Å². The van der Waals surface area contributed by atoms with Gasteiger partial charge in [0.05, 0.1) is 5.39 Å². The van der Waals surface area contributed by atoms with Crippen LogP contribution in [0, 0.1) is 0 Å². The van der Waals surface area contributed by atoms with Crippen molar-refractivity contribution in [1.29, 1.82) is 0 Å². The number of nitrogens with zero attached hydrogens (tertiary/aromatic N) is 2. The number of fused-ring (bicyclic) bond motifs is 2. The lowest BCUT2D eigenvalue weighted by Crippen LogP contribution is -2.32. The lowest BCUT2D eigenvalue weighted by atomic mass is 10.0. The van der Waals surface area contributed by atoms with Gasteiger partial charge in [0, 0.05) is 35.4 Å². The summed E-state index contributed by atoms with van der Waals surface area (Å²) in [4.78, 5) is 15.0. The zero-order chi connectivity index (χ0) is 19.3. The molecule has 2 aromatic heterocycles. The molecule has 0 unspecified atom stereocenters. The van der Waals surface area contributed by atoms with Crippen molar-refractivity contribution in [2.75, 3.05) is 19.6 Å². The fourth-order valence-electron chi connectivity index (χ4n) is 4.31. The van der Waals surface area contributed by atoms with Gasteiger partial charge in [-0.25, -0.2) is 0 Å². The molecule has 1 aliphatic rings. The number of piperidine rings is 1. The average Bonchev–Trinajstić information content (AvgIpc) is 2.71. The van der Waals surface area contributed by atoms with E-state index < -0.39 is 0 Å². The number of phenolic OH excluding ortho intramolecular Hbond substituents is 1. The van der Waals surface area contributed by atoms with Crippen molar-refractivity contribution in [3.8, 4) is 11.6 Å². The highest BCUT2D eigenvalue weighted by molar-refractivity contribution is 6.18. The van der Waals surface area contributed by atoms with E-state index in [4.69, 9.17) is 4.42 Å². The summed E-state index contributed by atoms with van der Waals surface area (Å²) in [5, 5.41) is 23.2. The summed E-state index contributed by atoms with van der Waals surface area (Å²) in [5.41, 5.74) is 0.928. The van der Waals surface area contributed by atoms with Crippen LogP contribution in [0.25, 0.3) is 32.7 Å². The summed E-state index contributed by atoms with van der Waals surface area (Å²) in [6.45, 7) is 3.56. The maximum absolute atomic E-state index is 12.6. The Morgan fingerprint density at radius 1 is 0.893 bits per heavy atom. The molecule has 6 heteroatoms. The van der Waals surface area contributed by atoms with Crippen molar-refractivity contribution in [1.82, 2.24) is 9.47 Å². The number of likely N-dealkylation sites (tertiary alicyclic amines) is 1. The molecule has 28 heavy (non-hydrogen) atoms. The predicted molar refractivity (Wildman–Crippen MR) is 109 cm³/mol. The van der Waals surface area contributed by atoms with Crippen molar-refractivity contribution >= 4 is 32.7 Å². The van der Waals surface area contributed by atoms with Crippen LogP contribution in [-0.2, 0) is 6.54 Å². The Hall–Kier alpha value is -2.99. The molecule has 1 fully saturated rings. The summed E-state index contributed by atoms with van der Waals surface area (Å²) in [5.74, 6) is 0.0972. The highest BCUT2D eigenvalue weighted by atomic mass is 16.3. The molecular formula is C22H22N2O4. The van der Waals surface area contributed by atoms with Crippen molar-refractivity contribution in [3.63, 3.8) is 0 Å². The smallest absolute Gasteiger partial charge is 0.203 e. The van der Waals surface area contributed by atoms with Crippen LogP contribution >= 0.6 is 0 Å². The maximum Gasteiger partial charge on any atom is 0.203 e. The van der Waals surface area contributed by atoms with Gasteiger partial charge in [0.2, 0.25) is 5.88 Å². The van der Waals surface area contributed by atoms with Gasteiger partial charge in [-0.15, -0.1) is 0 Å². The number of benzene rings is 2. The van der Waals surface area contributed by atoms with E-state index in [0.29, 0.717) is 23.1 Å². The predicted octanol–water partition coefficient (Wildman–Crippen LogP) is 3.80. The number of aromatic nitrogens is 1. The third-order valence-corrected chi connectivity index (χ3v) is 5.76. The van der Waals surface area contributed by atoms with Gasteiger partial charge in [0.25, 0.3) is 0 Å². The van der Waals surface area contributed by atoms with Crippen LogP contribution in [-0.4, -0.2) is 39.3 Å². The third kappa shape index (κ3) is 2.72. The number of hydrogen-bond donors (Lipinski definition) is 2. The molecule has 144 valence electrons. The Kier molecular flexibility index (Phi) is 4.02. The molecule has 2 N–H and O–H groups in total. The Labute approximate surface area is 161 Å². The number of pyridine rings is 1. The van der Waals surface area contributed by atoms with E-state index >= 15 is 0 Å². The molecule has 0 spiro atoms. The van der Waals surface area contributed by atoms with E-state index in [0.717, 1.165) is 30.4 Å². The molecule has 2 aromatic carbocycles. The van der Waals surface area contributed by atoms with Gasteiger partial charge in [0.15, 0.2) is 5.43 Å². The van der Waals surface area contributed by atoms with Crippen LogP contribution in [0.4, 0.5) is 0 Å². The SMILES string of the molecule is O=c1ccc2oc3ccc(O)cc3c3cn(CCN4CCCCC4)c(O)c1c23. The van der Waals surface area contributed by atoms with Crippen molar-refractivity contribution < 1.29 is 14.6 Å². The molecule has 1 aliphatic heterocycles. The second-order valence-electron chi connectivity index (χ2n) is 7.56. The van der Waals surface area contributed by atoms with Crippen LogP contribution < -0.4 is 5.43 Å². The number of hydrogen-bond acceptors (Lipinski definition) is 5. The fourth-order valence-corrected chi connectivity index (χ4v) is 4.31. The van der Waals surface area contributed by atoms with Crippen LogP contribution in [0.3, 0.4) is 0 Å². The molecule has 5 rings (SSSR count). The van der Waals surface area contributed by atoms with Crippen LogP contribution in [0.15, 0.2) is 45.7 Å². The molecule has 0 bridgehead atoms. The number of aromatic hydroxyl groups is 2. The van der Waals surface area contributed by atoms with Crippen LogP contribution in [0.2, 0.25) is 0 Å². The lowest BCUT2D eigenvalue weighted by molar-refractivity contribution is 0.218. The number of phenols is 1. The summed E-state index contributed by atoms with van der Waals surface area (Å²) in [6, 6.07) is 8.00. The molecule has 0 aliphatic carbocycles. The van der Waals surface area contributed by atoms with Gasteiger partial charge in [-0.1, -0.05) is 6.42 Å². The monoisotopic (exact) mass is 378 g/mol. The minimum Gasteiger partial charge on any atom is -0.508 e. The molecule has 0 saturated carbocycles. The van der Waals surface area contributed by atoms with E-state index in [9.17, 15) is 15.0 Å². The first-order chi connectivity index (χ1) is 13.6. The normalized spacial score (nSPS) is 15.7. The molecular weight excluding hydrogens is 356 g/mol. The number of rotatable bonds is 3. The van der Waals surface area contributed by atoms with Crippen molar-refractivity contribution in [3.05, 3.63) is 46.8 Å². The van der Waals surface area contributed by atoms with Gasteiger partial charge in [0.1, 0.15) is 16.9 Å². The topological polar surface area (TPSA) is 78.8 Å². The first-order valence-corrected chi connectivity index (χ1v) is 9.74. The summed E-state index contributed by atoms with van der Waals surface area (Å²) < 4.78 is 7.68. The van der Waals surface area contributed by atoms with Gasteiger partial charge in [-0.2, -0.15) is 0 Å². The Bertz CT molecular complexity index is 1250. The highest BCUT2D eigenvalue weighted by Gasteiger charge is 2.18. The Morgan fingerprint density at radius 3 is 2.50 bits per heavy atom. The first-order valence-electron chi connectivity index (χ1n) is 9.74. The summed E-state index contributed by atoms with van der Waals surface area (Å²) in [7, 11) is 0. The second-order valence-corrected chi connectivity index (χ2v) is 7.56. The summed E-state index contributed by atoms with van der Waals surface area (Å²) >= 11 is 0. The van der Waals surface area contributed by atoms with Gasteiger partial charge in [-0.3, -0.25) is 4.79 Å².